The molecule has 10 aromatic rings. The van der Waals surface area contributed by atoms with E-state index in [1.165, 1.54) is 0 Å². The Morgan fingerprint density at radius 1 is 0.568 bits per heavy atom. The van der Waals surface area contributed by atoms with Gasteiger partial charge in [0, 0.05) is 37.9 Å². The van der Waals surface area contributed by atoms with Crippen LogP contribution >= 0.6 is 0 Å². The first-order chi connectivity index (χ1) is 25.6. The molecule has 0 atom stereocenters. The molecular formula is C40H23N3O. The Kier molecular flexibility index (Phi) is 3.30. The molecule has 4 nitrogen and oxygen atoms in total. The van der Waals surface area contributed by atoms with Gasteiger partial charge in [-0.05, 0) is 64.6 Å². The number of hydrogen-bond donors (Lipinski definition) is 0. The van der Waals surface area contributed by atoms with Gasteiger partial charge in [0.25, 0.3) is 0 Å². The van der Waals surface area contributed by atoms with Crippen LogP contribution in [0.4, 0.5) is 0 Å². The topological polar surface area (TPSA) is 43.9 Å². The van der Waals surface area contributed by atoms with Crippen LogP contribution in [-0.4, -0.2) is 14.5 Å². The average Bonchev–Trinajstić information content (AvgIpc) is 3.72. The highest BCUT2D eigenvalue weighted by atomic mass is 16.3. The summed E-state index contributed by atoms with van der Waals surface area (Å²) in [5, 5.41) is 4.25. The van der Waals surface area contributed by atoms with E-state index in [9.17, 15) is 2.74 Å². The SMILES string of the molecule is [2H]c1c(-c2nc(-n3c4ccccc4c4cc5ccccc5cc43)nc3ccccc23)c([2H])c2c(oc3c4c([2H])c([2H])c([2H])c([2H])c4c([2H])c([2H])c32)c1[2H]. The molecule has 0 unspecified atom stereocenters. The molecule has 204 valence electrons. The zero-order valence-electron chi connectivity index (χ0n) is 31.8. The summed E-state index contributed by atoms with van der Waals surface area (Å²) < 4.78 is 87.5. The van der Waals surface area contributed by atoms with Crippen molar-refractivity contribution in [2.24, 2.45) is 0 Å². The smallest absolute Gasteiger partial charge is 0.235 e. The maximum Gasteiger partial charge on any atom is 0.235 e. The van der Waals surface area contributed by atoms with Crippen LogP contribution in [0.25, 0.3) is 93.4 Å². The summed E-state index contributed by atoms with van der Waals surface area (Å²) in [7, 11) is 0. The molecule has 0 saturated heterocycles. The average molecular weight is 571 g/mol. The van der Waals surface area contributed by atoms with Gasteiger partial charge in [0.05, 0.1) is 34.6 Å². The van der Waals surface area contributed by atoms with Gasteiger partial charge in [0.1, 0.15) is 11.2 Å². The van der Waals surface area contributed by atoms with E-state index < -0.39 is 42.3 Å². The van der Waals surface area contributed by atoms with Crippen molar-refractivity contribution in [3.63, 3.8) is 0 Å². The molecule has 0 fully saturated rings. The maximum atomic E-state index is 9.61. The third kappa shape index (κ3) is 3.28. The van der Waals surface area contributed by atoms with Crippen molar-refractivity contribution < 1.29 is 16.8 Å². The Morgan fingerprint density at radius 3 is 2.30 bits per heavy atom. The fourth-order valence-corrected chi connectivity index (χ4v) is 6.25. The van der Waals surface area contributed by atoms with Crippen LogP contribution in [0.15, 0.2) is 144 Å². The molecule has 0 spiro atoms. The number of aromatic nitrogens is 3. The predicted molar refractivity (Wildman–Crippen MR) is 182 cm³/mol. The lowest BCUT2D eigenvalue weighted by atomic mass is 10.0. The van der Waals surface area contributed by atoms with Crippen LogP contribution in [-0.2, 0) is 0 Å². The third-order valence-electron chi connectivity index (χ3n) is 8.25. The minimum absolute atomic E-state index is 0.00254. The van der Waals surface area contributed by atoms with Crippen LogP contribution in [0.1, 0.15) is 12.3 Å². The molecule has 4 heteroatoms. The molecule has 0 radical (unpaired) electrons. The van der Waals surface area contributed by atoms with E-state index in [0.29, 0.717) is 16.9 Å². The van der Waals surface area contributed by atoms with Gasteiger partial charge in [-0.25, -0.2) is 9.97 Å². The van der Waals surface area contributed by atoms with Gasteiger partial charge in [-0.15, -0.1) is 0 Å². The number of nitrogens with zero attached hydrogens (tertiary/aromatic N) is 3. The second-order valence-corrected chi connectivity index (χ2v) is 10.7. The van der Waals surface area contributed by atoms with Crippen molar-refractivity contribution in [1.29, 1.82) is 0 Å². The predicted octanol–water partition coefficient (Wildman–Crippen LogP) is 10.6. The number of furan rings is 1. The second-order valence-electron chi connectivity index (χ2n) is 10.7. The van der Waals surface area contributed by atoms with Gasteiger partial charge < -0.3 is 4.42 Å². The largest absolute Gasteiger partial charge is 0.455 e. The van der Waals surface area contributed by atoms with Gasteiger partial charge in [0.15, 0.2) is 0 Å². The molecule has 44 heavy (non-hydrogen) atoms. The molecule has 7 aromatic carbocycles. The summed E-state index contributed by atoms with van der Waals surface area (Å²) in [6.45, 7) is 0. The van der Waals surface area contributed by atoms with E-state index in [1.54, 1.807) is 12.1 Å². The van der Waals surface area contributed by atoms with Gasteiger partial charge in [-0.2, -0.15) is 0 Å². The highest BCUT2D eigenvalue weighted by molar-refractivity contribution is 6.16. The van der Waals surface area contributed by atoms with Crippen LogP contribution in [0, 0.1) is 0 Å². The van der Waals surface area contributed by atoms with Gasteiger partial charge in [-0.1, -0.05) is 90.9 Å². The molecule has 10 rings (SSSR count). The van der Waals surface area contributed by atoms with E-state index in [-0.39, 0.29) is 56.1 Å². The number of hydrogen-bond acceptors (Lipinski definition) is 3. The van der Waals surface area contributed by atoms with Crippen LogP contribution < -0.4 is 0 Å². The fourth-order valence-electron chi connectivity index (χ4n) is 6.25. The van der Waals surface area contributed by atoms with E-state index in [4.69, 9.17) is 24.0 Å². The minimum Gasteiger partial charge on any atom is -0.455 e. The Balaban J connectivity index is 1.34. The molecule has 3 heterocycles. The summed E-state index contributed by atoms with van der Waals surface area (Å²) in [6, 6.07) is 23.6. The van der Waals surface area contributed by atoms with Crippen molar-refractivity contribution in [2.75, 3.05) is 0 Å². The van der Waals surface area contributed by atoms with Crippen LogP contribution in [0.3, 0.4) is 0 Å². The Morgan fingerprint density at radius 2 is 1.36 bits per heavy atom. The molecule has 3 aromatic heterocycles. The molecule has 0 bridgehead atoms. The molecule has 0 aliphatic heterocycles. The van der Waals surface area contributed by atoms with Gasteiger partial charge >= 0.3 is 0 Å². The first kappa shape index (κ1) is 16.6. The Labute approximate surface area is 264 Å². The second kappa shape index (κ2) is 8.76. The number of para-hydroxylation sites is 2. The number of fused-ring (bicyclic) bond motifs is 10. The summed E-state index contributed by atoms with van der Waals surface area (Å²) >= 11 is 0. The first-order valence-electron chi connectivity index (χ1n) is 18.6. The summed E-state index contributed by atoms with van der Waals surface area (Å²) in [5.41, 5.74) is 2.13. The molecule has 0 aliphatic rings. The highest BCUT2D eigenvalue weighted by Gasteiger charge is 2.19. The van der Waals surface area contributed by atoms with E-state index in [1.807, 2.05) is 59.2 Å². The standard InChI is InChI=1S/C40H23N3O/c1-2-11-26-23-36-32(21-25(26)10-1)29-13-6-8-16-35(29)43(36)40-41-34-15-7-5-14-31(34)38(42-40)27-18-20-37-33(22-27)30-19-17-24-9-3-4-12-28(24)39(30)44-37/h1-23H/i3D,4D,9D,12D,17D,18D,19D,20D,22D. The number of rotatable bonds is 2. The lowest BCUT2D eigenvalue weighted by molar-refractivity contribution is 0.672. The summed E-state index contributed by atoms with van der Waals surface area (Å²) in [5.74, 6) is 0.291. The van der Waals surface area contributed by atoms with Crippen molar-refractivity contribution in [3.05, 3.63) is 139 Å². The van der Waals surface area contributed by atoms with Crippen molar-refractivity contribution in [2.45, 2.75) is 0 Å². The molecule has 0 N–H and O–H groups in total. The lowest BCUT2D eigenvalue weighted by Gasteiger charge is -2.12. The zero-order valence-corrected chi connectivity index (χ0v) is 22.8. The highest BCUT2D eigenvalue weighted by Crippen LogP contribution is 2.39. The molecular weight excluding hydrogens is 538 g/mol. The monoisotopic (exact) mass is 570 g/mol. The zero-order chi connectivity index (χ0) is 36.6. The summed E-state index contributed by atoms with van der Waals surface area (Å²) in [6.07, 6.45) is 0. The summed E-state index contributed by atoms with van der Waals surface area (Å²) in [4.78, 5) is 10.1. The van der Waals surface area contributed by atoms with Crippen LogP contribution in [0.2, 0.25) is 0 Å². The van der Waals surface area contributed by atoms with Gasteiger partial charge in [-0.3, -0.25) is 4.57 Å². The normalized spacial score (nSPS) is 15.0. The van der Waals surface area contributed by atoms with Crippen molar-refractivity contribution in [1.82, 2.24) is 14.5 Å². The Hall–Kier alpha value is -6.00. The minimum atomic E-state index is -0.549. The van der Waals surface area contributed by atoms with Gasteiger partial charge in [0.2, 0.25) is 5.95 Å². The quantitative estimate of drug-likeness (QED) is 0.208. The fraction of sp³-hybridized carbons (Fsp3) is 0. The first-order valence-corrected chi connectivity index (χ1v) is 14.1. The lowest BCUT2D eigenvalue weighted by Crippen LogP contribution is -2.03. The Bertz CT molecular complexity index is 3300. The van der Waals surface area contributed by atoms with Crippen LogP contribution in [0.5, 0.6) is 0 Å². The molecule has 0 saturated carbocycles. The number of benzene rings is 7. The van der Waals surface area contributed by atoms with E-state index in [2.05, 4.69) is 18.2 Å². The maximum absolute atomic E-state index is 9.61. The third-order valence-corrected chi connectivity index (χ3v) is 8.25. The van der Waals surface area contributed by atoms with E-state index in [0.717, 1.165) is 32.6 Å². The van der Waals surface area contributed by atoms with E-state index >= 15 is 0 Å². The van der Waals surface area contributed by atoms with Crippen molar-refractivity contribution in [3.8, 4) is 17.2 Å². The molecule has 0 amide bonds. The molecule has 0 aliphatic carbocycles. The van der Waals surface area contributed by atoms with Crippen molar-refractivity contribution >= 4 is 76.2 Å².